The molecule has 0 aliphatic carbocycles. The number of hydrogen-bond acceptors (Lipinski definition) is 2. The number of rotatable bonds is 9. The van der Waals surface area contributed by atoms with Crippen LogP contribution in [0, 0.1) is 55.4 Å². The molecule has 6 aromatic carbocycles. The van der Waals surface area contributed by atoms with Gasteiger partial charge in [0.05, 0.1) is 5.69 Å². The van der Waals surface area contributed by atoms with Crippen LogP contribution in [0.3, 0.4) is 0 Å². The van der Waals surface area contributed by atoms with Gasteiger partial charge in [-0.05, 0) is 91.5 Å². The molecule has 0 fully saturated rings. The van der Waals surface area contributed by atoms with Gasteiger partial charge in [0, 0.05) is 35.5 Å². The van der Waals surface area contributed by atoms with Gasteiger partial charge < -0.3 is 28.7 Å². The van der Waals surface area contributed by atoms with Gasteiger partial charge >= 0.3 is 23.1 Å². The normalized spacial score (nSPS) is 10.6. The minimum Gasteiger partial charge on any atom is -1.00 e. The van der Waals surface area contributed by atoms with Gasteiger partial charge in [-0.2, -0.15) is 0 Å². The molecule has 0 aliphatic rings. The van der Waals surface area contributed by atoms with E-state index in [0.29, 0.717) is 0 Å². The van der Waals surface area contributed by atoms with Gasteiger partial charge in [-0.25, -0.2) is 0 Å². The van der Waals surface area contributed by atoms with E-state index in [2.05, 4.69) is 170 Å². The first-order valence-corrected chi connectivity index (χ1v) is 18.3. The van der Waals surface area contributed by atoms with Crippen LogP contribution < -0.4 is 29.1 Å². The Hall–Kier alpha value is -3.82. The van der Waals surface area contributed by atoms with Crippen molar-refractivity contribution < 1.29 is 33.8 Å². The van der Waals surface area contributed by atoms with E-state index in [1.807, 2.05) is 13.8 Å². The second-order valence-electron chi connectivity index (χ2n) is 14.0. The molecule has 1 N–H and O–H groups in total. The zero-order chi connectivity index (χ0) is 37.4. The van der Waals surface area contributed by atoms with Crippen LogP contribution in [0.1, 0.15) is 58.4 Å². The summed E-state index contributed by atoms with van der Waals surface area (Å²) in [5, 5.41) is 8.28. The molecule has 6 heteroatoms. The fraction of sp³-hybridized carbons (Fsp3) is 0.250. The number of ether oxygens (including phenoxy) is 1. The summed E-state index contributed by atoms with van der Waals surface area (Å²) in [6.45, 7) is 22.8. The molecule has 0 saturated carbocycles. The minimum atomic E-state index is 0. The maximum Gasteiger partial charge on any atom is 2.00 e. The van der Waals surface area contributed by atoms with Crippen LogP contribution in [0.4, 0.5) is 11.4 Å². The van der Waals surface area contributed by atoms with Gasteiger partial charge in [-0.3, -0.25) is 5.11 Å². The van der Waals surface area contributed by atoms with E-state index in [-0.39, 0.29) is 47.0 Å². The predicted octanol–water partition coefficient (Wildman–Crippen LogP) is 9.27. The topological polar surface area (TPSA) is 49.7 Å². The zero-order valence-electron chi connectivity index (χ0n) is 33.7. The molecule has 0 aromatic heterocycles. The van der Waals surface area contributed by atoms with Crippen LogP contribution in [0.5, 0.6) is 0 Å². The fourth-order valence-corrected chi connectivity index (χ4v) is 7.12. The van der Waals surface area contributed by atoms with Crippen LogP contribution in [0.2, 0.25) is 0 Å². The Balaban J connectivity index is 0.00000105. The Labute approximate surface area is 357 Å². The molecule has 0 spiro atoms. The molecular formula is C48H53IMgN3O+. The Morgan fingerprint density at radius 1 is 0.463 bits per heavy atom. The van der Waals surface area contributed by atoms with E-state index in [4.69, 9.17) is 15.4 Å². The van der Waals surface area contributed by atoms with Gasteiger partial charge in [0.15, 0.2) is 0 Å². The molecule has 274 valence electrons. The molecule has 0 amide bonds. The molecule has 6 aromatic rings. The van der Waals surface area contributed by atoms with Crippen molar-refractivity contribution in [1.29, 1.82) is 0 Å². The first-order valence-electron chi connectivity index (χ1n) is 18.3. The van der Waals surface area contributed by atoms with Crippen molar-refractivity contribution in [3.63, 3.8) is 0 Å². The molecule has 54 heavy (non-hydrogen) atoms. The summed E-state index contributed by atoms with van der Waals surface area (Å²) in [6.07, 6.45) is 0. The van der Waals surface area contributed by atoms with E-state index >= 15 is 0 Å². The molecule has 4 nitrogen and oxygen atoms in total. The van der Waals surface area contributed by atoms with Gasteiger partial charge in [0.25, 0.3) is 0 Å². The van der Waals surface area contributed by atoms with Crippen molar-refractivity contribution >= 4 is 34.4 Å². The maximum absolute atomic E-state index is 5.03. The fourth-order valence-electron chi connectivity index (χ4n) is 7.12. The predicted molar refractivity (Wildman–Crippen MR) is 227 cm³/mol. The third-order valence-corrected chi connectivity index (χ3v) is 8.95. The van der Waals surface area contributed by atoms with Crippen LogP contribution in [-0.4, -0.2) is 36.3 Å². The Morgan fingerprint density at radius 3 is 1.02 bits per heavy atom. The smallest absolute Gasteiger partial charge is 1.00 e. The largest absolute Gasteiger partial charge is 2.00 e. The number of nitrogens with zero attached hydrogens (tertiary/aromatic N) is 2. The van der Waals surface area contributed by atoms with Crippen LogP contribution in [0.25, 0.3) is 49.9 Å². The van der Waals surface area contributed by atoms with Crippen molar-refractivity contribution in [2.24, 2.45) is 5.22 Å². The summed E-state index contributed by atoms with van der Waals surface area (Å²) >= 11 is 0. The molecule has 0 unspecified atom stereocenters. The molecule has 0 bridgehead atoms. The van der Waals surface area contributed by atoms with Crippen molar-refractivity contribution in [3.05, 3.63) is 159 Å². The first-order chi connectivity index (χ1) is 24.9. The number of benzene rings is 6. The van der Waals surface area contributed by atoms with Crippen molar-refractivity contribution in [3.8, 4) is 44.5 Å². The van der Waals surface area contributed by atoms with Gasteiger partial charge in [0.1, 0.15) is 5.69 Å². The monoisotopic (exact) mass is 838 g/mol. The van der Waals surface area contributed by atoms with Gasteiger partial charge in [0.2, 0.25) is 0 Å². The molecule has 0 aliphatic heterocycles. The number of halogens is 1. The van der Waals surface area contributed by atoms with E-state index in [1.54, 1.807) is 0 Å². The average Bonchev–Trinajstić information content (AvgIpc) is 3.07. The van der Waals surface area contributed by atoms with E-state index < -0.39 is 0 Å². The van der Waals surface area contributed by atoms with Crippen LogP contribution >= 0.6 is 0 Å². The molecule has 0 saturated heterocycles. The molecular weight excluding hydrogens is 786 g/mol. The van der Waals surface area contributed by atoms with Crippen molar-refractivity contribution in [2.45, 2.75) is 69.2 Å². The van der Waals surface area contributed by atoms with E-state index in [1.165, 1.54) is 44.5 Å². The van der Waals surface area contributed by atoms with Gasteiger partial charge in [-0.15, -0.1) is 5.43 Å². The summed E-state index contributed by atoms with van der Waals surface area (Å²) < 4.78 is 4.83. The van der Waals surface area contributed by atoms with Crippen molar-refractivity contribution in [2.75, 3.05) is 13.2 Å². The molecule has 0 atom stereocenters. The van der Waals surface area contributed by atoms with E-state index in [9.17, 15) is 0 Å². The number of hydrogen-bond donors (Lipinski definition) is 1. The molecule has 0 radical (unpaired) electrons. The quantitative estimate of drug-likeness (QED) is 0.0672. The molecule has 6 rings (SSSR count). The Bertz CT molecular complexity index is 2000. The molecule has 0 heterocycles. The maximum atomic E-state index is 5.03. The van der Waals surface area contributed by atoms with E-state index in [0.717, 1.165) is 69.1 Å². The third kappa shape index (κ3) is 11.6. The first kappa shape index (κ1) is 44.6. The summed E-state index contributed by atoms with van der Waals surface area (Å²) in [5.41, 5.74) is 25.4. The average molecular weight is 839 g/mol. The third-order valence-electron chi connectivity index (χ3n) is 8.95. The summed E-state index contributed by atoms with van der Waals surface area (Å²) in [5.74, 6) is 0. The van der Waals surface area contributed by atoms with Crippen molar-refractivity contribution in [1.82, 2.24) is 0 Å². The van der Waals surface area contributed by atoms with Gasteiger partial charge in [-0.1, -0.05) is 159 Å². The van der Waals surface area contributed by atoms with Crippen LogP contribution in [0.15, 0.2) is 114 Å². The summed E-state index contributed by atoms with van der Waals surface area (Å²) in [6, 6.07) is 39.6. The summed E-state index contributed by atoms with van der Waals surface area (Å²) in [7, 11) is 0. The Kier molecular flexibility index (Phi) is 17.1. The number of aryl methyl sites for hydroxylation is 8. The number of para-hydroxylation sites is 1. The van der Waals surface area contributed by atoms with Crippen LogP contribution in [-0.2, 0) is 4.74 Å². The standard InChI is InChI=1S/C44H42N3.C4H10O.HI.Mg/c1-27-15-28(2)20-35(19-27)39-11-9-12-40(36-21-29(3)16-30(4)22-36)43(39)45-47-46-44-41(37-23-31(5)17-32(6)24-37)13-10-14-42(44)38-25-33(7)18-34(8)26-38;1-3-5-4-2;;/h9-26H,1-8H3;3-4H2,1-2H3;1H;/q-1;;;+2. The minimum absolute atomic E-state index is 0. The number of nitrogens with one attached hydrogen (secondary N) is 1. The SMILES string of the molecule is CCOCC.Cc1cc(C)cc(-c2cccc(-c3cc(C)cc(C)c3)c2[N-]N=[NH+]c2c(-c3cc(C)cc(C)c3)cccc2-c2cc(C)cc(C)c2)c1.[I-].[Mg+2]. The second kappa shape index (κ2) is 20.7. The Morgan fingerprint density at radius 2 is 0.741 bits per heavy atom. The summed E-state index contributed by atoms with van der Waals surface area (Å²) in [4.78, 5) is 0. The zero-order valence-corrected chi connectivity index (χ0v) is 37.3. The second-order valence-corrected chi connectivity index (χ2v) is 14.0.